The highest BCUT2D eigenvalue weighted by Crippen LogP contribution is 2.23. The molecule has 2 rings (SSSR count). The molecule has 0 bridgehead atoms. The third-order valence-electron chi connectivity index (χ3n) is 2.36. The van der Waals surface area contributed by atoms with Gasteiger partial charge in [-0.25, -0.2) is 4.39 Å². The Morgan fingerprint density at radius 1 is 1.41 bits per heavy atom. The summed E-state index contributed by atoms with van der Waals surface area (Å²) in [4.78, 5) is 0. The Hall–Kier alpha value is -1.33. The van der Waals surface area contributed by atoms with Crippen LogP contribution in [0.25, 0.3) is 0 Å². The Kier molecular flexibility index (Phi) is 5.72. The third kappa shape index (κ3) is 4.58. The highest BCUT2D eigenvalue weighted by molar-refractivity contribution is 5.48. The lowest BCUT2D eigenvalue weighted by Gasteiger charge is -2.05. The molecule has 1 saturated heterocycles. The number of nitrogen functional groups attached to an aromatic ring is 1. The van der Waals surface area contributed by atoms with E-state index in [0.29, 0.717) is 17.8 Å². The van der Waals surface area contributed by atoms with E-state index >= 15 is 0 Å². The third-order valence-corrected chi connectivity index (χ3v) is 2.36. The first-order valence-electron chi connectivity index (χ1n) is 5.64. The molecule has 0 saturated carbocycles. The number of phenolic OH excluding ortho intramolecular Hbond substituents is 1. The van der Waals surface area contributed by atoms with E-state index in [1.165, 1.54) is 18.9 Å². The van der Waals surface area contributed by atoms with Crippen LogP contribution >= 0.6 is 0 Å². The predicted molar refractivity (Wildman–Crippen MR) is 65.3 cm³/mol. The van der Waals surface area contributed by atoms with Crippen LogP contribution in [-0.2, 0) is 11.3 Å². The molecule has 17 heavy (non-hydrogen) atoms. The van der Waals surface area contributed by atoms with Gasteiger partial charge in [-0.3, -0.25) is 0 Å². The van der Waals surface area contributed by atoms with E-state index < -0.39 is 5.82 Å². The van der Waals surface area contributed by atoms with Crippen molar-refractivity contribution in [1.29, 1.82) is 0 Å². The number of halogens is 1. The molecule has 1 heterocycles. The zero-order valence-corrected chi connectivity index (χ0v) is 10.0. The van der Waals surface area contributed by atoms with Gasteiger partial charge in [0, 0.05) is 37.1 Å². The molecule has 0 unspecified atom stereocenters. The van der Waals surface area contributed by atoms with Gasteiger partial charge in [-0.2, -0.15) is 0 Å². The van der Waals surface area contributed by atoms with Gasteiger partial charge in [0.05, 0.1) is 0 Å². The predicted octanol–water partition coefficient (Wildman–Crippen LogP) is 1.63. The molecule has 5 heteroatoms. The van der Waals surface area contributed by atoms with Crippen LogP contribution in [0.15, 0.2) is 12.1 Å². The van der Waals surface area contributed by atoms with Crippen LogP contribution in [0.3, 0.4) is 0 Å². The van der Waals surface area contributed by atoms with Crippen molar-refractivity contribution in [1.82, 2.24) is 5.32 Å². The fourth-order valence-corrected chi connectivity index (χ4v) is 1.51. The zero-order valence-electron chi connectivity index (χ0n) is 10.0. The molecule has 1 aromatic rings. The van der Waals surface area contributed by atoms with Gasteiger partial charge in [0.25, 0.3) is 0 Å². The molecule has 0 atom stereocenters. The second-order valence-electron chi connectivity index (χ2n) is 3.86. The minimum atomic E-state index is -0.680. The van der Waals surface area contributed by atoms with Crippen LogP contribution in [0.4, 0.5) is 10.1 Å². The van der Waals surface area contributed by atoms with Crippen LogP contribution in [0, 0.1) is 5.82 Å². The monoisotopic (exact) mass is 242 g/mol. The molecule has 0 aliphatic carbocycles. The Labute approximate surface area is 101 Å². The number of rotatable bonds is 2. The van der Waals surface area contributed by atoms with E-state index in [1.807, 2.05) is 0 Å². The first-order valence-corrected chi connectivity index (χ1v) is 5.64. The van der Waals surface area contributed by atoms with Crippen molar-refractivity contribution in [2.45, 2.75) is 19.4 Å². The molecule has 0 aromatic heterocycles. The van der Waals surface area contributed by atoms with Crippen LogP contribution in [0.1, 0.15) is 18.4 Å². The van der Waals surface area contributed by atoms with Gasteiger partial charge in [0.15, 0.2) is 11.6 Å². The van der Waals surface area contributed by atoms with Crippen LogP contribution < -0.4 is 11.1 Å². The number of ether oxygens (including phenoxy) is 1. The van der Waals surface area contributed by atoms with Gasteiger partial charge in [-0.1, -0.05) is 0 Å². The average molecular weight is 242 g/mol. The van der Waals surface area contributed by atoms with Gasteiger partial charge in [-0.15, -0.1) is 0 Å². The quantitative estimate of drug-likeness (QED) is 0.544. The molecule has 0 radical (unpaired) electrons. The number of nitrogens with one attached hydrogen (secondary N) is 1. The van der Waals surface area contributed by atoms with Crippen molar-refractivity contribution in [3.63, 3.8) is 0 Å². The second kappa shape index (κ2) is 7.09. The normalized spacial score (nSPS) is 14.2. The molecular formula is C12H19FN2O2. The van der Waals surface area contributed by atoms with E-state index in [1.54, 1.807) is 7.05 Å². The summed E-state index contributed by atoms with van der Waals surface area (Å²) in [6.07, 6.45) is 2.56. The smallest absolute Gasteiger partial charge is 0.167 e. The number of phenols is 1. The lowest BCUT2D eigenvalue weighted by molar-refractivity contribution is 0.198. The fraction of sp³-hybridized carbons (Fsp3) is 0.500. The Morgan fingerprint density at radius 3 is 2.53 bits per heavy atom. The first-order chi connectivity index (χ1) is 8.15. The summed E-state index contributed by atoms with van der Waals surface area (Å²) in [6.45, 7) is 2.40. The molecule has 4 nitrogen and oxygen atoms in total. The van der Waals surface area contributed by atoms with Crippen LogP contribution in [0.5, 0.6) is 5.75 Å². The molecular weight excluding hydrogens is 223 g/mol. The largest absolute Gasteiger partial charge is 0.505 e. The van der Waals surface area contributed by atoms with E-state index in [9.17, 15) is 9.50 Å². The van der Waals surface area contributed by atoms with Crippen molar-refractivity contribution >= 4 is 5.69 Å². The average Bonchev–Trinajstić information content (AvgIpc) is 2.84. The SMILES string of the molecule is C1CCOC1.CNCc1cc(N)cc(F)c1O. The van der Waals surface area contributed by atoms with Gasteiger partial charge in [0.1, 0.15) is 0 Å². The van der Waals surface area contributed by atoms with Crippen molar-refractivity contribution in [3.05, 3.63) is 23.5 Å². The number of nitrogens with two attached hydrogens (primary N) is 1. The summed E-state index contributed by atoms with van der Waals surface area (Å²) in [5, 5.41) is 12.0. The molecule has 0 amide bonds. The summed E-state index contributed by atoms with van der Waals surface area (Å²) in [6, 6.07) is 2.63. The van der Waals surface area contributed by atoms with Gasteiger partial charge in [0.2, 0.25) is 0 Å². The van der Waals surface area contributed by atoms with Crippen molar-refractivity contribution in [2.24, 2.45) is 0 Å². The molecule has 1 aromatic carbocycles. The topological polar surface area (TPSA) is 67.5 Å². The van der Waals surface area contributed by atoms with Gasteiger partial charge >= 0.3 is 0 Å². The maximum absolute atomic E-state index is 12.8. The number of aromatic hydroxyl groups is 1. The Balaban J connectivity index is 0.000000239. The van der Waals surface area contributed by atoms with E-state index in [-0.39, 0.29) is 5.75 Å². The second-order valence-corrected chi connectivity index (χ2v) is 3.86. The maximum Gasteiger partial charge on any atom is 0.167 e. The summed E-state index contributed by atoms with van der Waals surface area (Å²) in [7, 11) is 1.71. The first kappa shape index (κ1) is 13.7. The molecule has 1 fully saturated rings. The minimum Gasteiger partial charge on any atom is -0.505 e. The number of hydrogen-bond donors (Lipinski definition) is 3. The van der Waals surface area contributed by atoms with Crippen molar-refractivity contribution in [3.8, 4) is 5.75 Å². The van der Waals surface area contributed by atoms with Gasteiger partial charge in [-0.05, 0) is 26.0 Å². The van der Waals surface area contributed by atoms with Crippen LogP contribution in [0.2, 0.25) is 0 Å². The number of benzene rings is 1. The van der Waals surface area contributed by atoms with E-state index in [4.69, 9.17) is 10.5 Å². The molecule has 96 valence electrons. The fourth-order valence-electron chi connectivity index (χ4n) is 1.51. The summed E-state index contributed by atoms with van der Waals surface area (Å²) < 4.78 is 17.8. The molecule has 1 aliphatic rings. The lowest BCUT2D eigenvalue weighted by Crippen LogP contribution is -2.06. The summed E-state index contributed by atoms with van der Waals surface area (Å²) >= 11 is 0. The van der Waals surface area contributed by atoms with Gasteiger partial charge < -0.3 is 20.9 Å². The standard InChI is InChI=1S/C8H11FN2O.C4H8O/c1-11-4-5-2-6(10)3-7(9)8(5)12;1-2-4-5-3-1/h2-3,11-12H,4,10H2,1H3;1-4H2. The summed E-state index contributed by atoms with van der Waals surface area (Å²) in [5.74, 6) is -1.01. The van der Waals surface area contributed by atoms with Crippen molar-refractivity contribution < 1.29 is 14.2 Å². The Bertz CT molecular complexity index is 347. The Morgan fingerprint density at radius 2 is 2.06 bits per heavy atom. The van der Waals surface area contributed by atoms with Crippen molar-refractivity contribution in [2.75, 3.05) is 26.0 Å². The molecule has 1 aliphatic heterocycles. The van der Waals surface area contributed by atoms with E-state index in [2.05, 4.69) is 5.32 Å². The molecule has 4 N–H and O–H groups in total. The lowest BCUT2D eigenvalue weighted by atomic mass is 10.1. The van der Waals surface area contributed by atoms with Crippen LogP contribution in [-0.4, -0.2) is 25.4 Å². The summed E-state index contributed by atoms with van der Waals surface area (Å²) in [5.41, 5.74) is 6.16. The highest BCUT2D eigenvalue weighted by Gasteiger charge is 2.07. The highest BCUT2D eigenvalue weighted by atomic mass is 19.1. The van der Waals surface area contributed by atoms with E-state index in [0.717, 1.165) is 19.3 Å². The zero-order chi connectivity index (χ0) is 12.7. The maximum atomic E-state index is 12.8. The number of hydrogen-bond acceptors (Lipinski definition) is 4. The minimum absolute atomic E-state index is 0.315. The number of anilines is 1. The molecule has 0 spiro atoms.